The third kappa shape index (κ3) is 0.809. The molecule has 8 heteroatoms. The molecule has 0 bridgehead atoms. The summed E-state index contributed by atoms with van der Waals surface area (Å²) in [4.78, 5) is 8.41. The fraction of sp³-hybridized carbons (Fsp3) is 0. The summed E-state index contributed by atoms with van der Waals surface area (Å²) in [6, 6.07) is 0. The van der Waals surface area contributed by atoms with Crippen LogP contribution in [0.3, 0.4) is 0 Å². The highest BCUT2D eigenvalue weighted by Gasteiger charge is 2.16. The number of aromatic amines is 1. The number of aromatic nitrogens is 6. The van der Waals surface area contributed by atoms with E-state index in [1.54, 1.807) is 0 Å². The molecule has 0 saturated carbocycles. The van der Waals surface area contributed by atoms with Crippen molar-refractivity contribution in [1.82, 2.24) is 27.5 Å². The van der Waals surface area contributed by atoms with Crippen molar-refractivity contribution < 1.29 is 0 Å². The molecule has 4 rings (SSSR count). The van der Waals surface area contributed by atoms with Crippen LogP contribution in [0.15, 0.2) is 6.33 Å². The monoisotopic (exact) mass is 234 g/mol. The van der Waals surface area contributed by atoms with Crippen LogP contribution in [-0.4, -0.2) is 27.5 Å². The molecule has 0 aliphatic heterocycles. The Morgan fingerprint density at radius 3 is 2.60 bits per heavy atom. The molecule has 0 saturated heterocycles. The molecule has 0 aliphatic rings. The van der Waals surface area contributed by atoms with E-state index in [-0.39, 0.29) is 0 Å². The van der Waals surface area contributed by atoms with Gasteiger partial charge in [-0.25, -0.2) is 9.97 Å². The van der Waals surface area contributed by atoms with Crippen LogP contribution in [-0.2, 0) is 0 Å². The molecule has 4 aromatic rings. The van der Waals surface area contributed by atoms with E-state index in [2.05, 4.69) is 27.5 Å². The summed E-state index contributed by atoms with van der Waals surface area (Å²) in [5, 5.41) is 0. The zero-order valence-corrected chi connectivity index (χ0v) is 8.76. The van der Waals surface area contributed by atoms with Gasteiger partial charge in [-0.1, -0.05) is 0 Å². The Balaban J connectivity index is 2.56. The average Bonchev–Trinajstić information content (AvgIpc) is 2.97. The maximum absolute atomic E-state index is 4.27. The Morgan fingerprint density at radius 2 is 1.67 bits per heavy atom. The van der Waals surface area contributed by atoms with Gasteiger partial charge in [0, 0.05) is 11.7 Å². The maximum atomic E-state index is 4.27. The number of hydrogen-bond donors (Lipinski definition) is 1. The van der Waals surface area contributed by atoms with Crippen molar-refractivity contribution in [2.75, 3.05) is 0 Å². The highest BCUT2D eigenvalue weighted by atomic mass is 32.1. The minimum Gasteiger partial charge on any atom is -0.291 e. The summed E-state index contributed by atoms with van der Waals surface area (Å²) in [6.07, 6.45) is 1.54. The summed E-state index contributed by atoms with van der Waals surface area (Å²) in [5.41, 5.74) is 4.94. The molecular formula is C7H2N6S2. The van der Waals surface area contributed by atoms with Crippen molar-refractivity contribution in [1.29, 1.82) is 0 Å². The van der Waals surface area contributed by atoms with Crippen LogP contribution in [0.4, 0.5) is 0 Å². The molecule has 3 aromatic heterocycles. The minimum atomic E-state index is 0.791. The van der Waals surface area contributed by atoms with Crippen molar-refractivity contribution in [3.63, 3.8) is 0 Å². The smallest absolute Gasteiger partial charge is 0.136 e. The van der Waals surface area contributed by atoms with Gasteiger partial charge in [0.1, 0.15) is 39.4 Å². The zero-order chi connectivity index (χ0) is 9.83. The predicted octanol–water partition coefficient (Wildman–Crippen LogP) is 1.57. The van der Waals surface area contributed by atoms with Crippen LogP contribution < -0.4 is 0 Å². The van der Waals surface area contributed by atoms with Crippen LogP contribution >= 0.6 is 23.5 Å². The molecule has 72 valence electrons. The van der Waals surface area contributed by atoms with E-state index in [4.69, 9.17) is 0 Å². The molecule has 3 heterocycles. The van der Waals surface area contributed by atoms with Gasteiger partial charge in [-0.3, -0.25) is 4.37 Å². The van der Waals surface area contributed by atoms with Gasteiger partial charge < -0.3 is 0 Å². The fourth-order valence-electron chi connectivity index (χ4n) is 1.65. The van der Waals surface area contributed by atoms with E-state index in [9.17, 15) is 0 Å². The average molecular weight is 234 g/mol. The first kappa shape index (κ1) is 7.60. The summed E-state index contributed by atoms with van der Waals surface area (Å²) >= 11 is 2.46. The number of benzene rings is 1. The van der Waals surface area contributed by atoms with Gasteiger partial charge >= 0.3 is 0 Å². The Hall–Kier alpha value is -1.67. The SMILES string of the molecule is c1nc2c3nsnc3c3ns[nH]c3c2n1. The normalized spacial score (nSPS) is 12.0. The molecule has 6 nitrogen and oxygen atoms in total. The molecule has 0 unspecified atom stereocenters. The number of fused-ring (bicyclic) bond motifs is 6. The zero-order valence-electron chi connectivity index (χ0n) is 7.13. The lowest BCUT2D eigenvalue weighted by molar-refractivity contribution is 1.35. The largest absolute Gasteiger partial charge is 0.291 e. The Morgan fingerprint density at radius 1 is 0.867 bits per heavy atom. The lowest BCUT2D eigenvalue weighted by atomic mass is 10.2. The van der Waals surface area contributed by atoms with Crippen LogP contribution in [0.2, 0.25) is 0 Å². The van der Waals surface area contributed by atoms with Crippen LogP contribution in [0.5, 0.6) is 0 Å². The number of hydrogen-bond acceptors (Lipinski definition) is 7. The number of imidazole rings is 1. The van der Waals surface area contributed by atoms with E-state index in [1.165, 1.54) is 29.8 Å². The number of nitrogens with zero attached hydrogens (tertiary/aromatic N) is 5. The molecular weight excluding hydrogens is 232 g/mol. The van der Waals surface area contributed by atoms with Gasteiger partial charge in [-0.2, -0.15) is 13.1 Å². The van der Waals surface area contributed by atoms with Crippen molar-refractivity contribution in [2.45, 2.75) is 0 Å². The summed E-state index contributed by atoms with van der Waals surface area (Å²) < 4.78 is 15.8. The molecule has 0 aliphatic carbocycles. The molecule has 0 radical (unpaired) electrons. The van der Waals surface area contributed by atoms with Gasteiger partial charge in [0.25, 0.3) is 0 Å². The summed E-state index contributed by atoms with van der Waals surface area (Å²) in [7, 11) is 0. The lowest BCUT2D eigenvalue weighted by Crippen LogP contribution is -1.79. The third-order valence-electron chi connectivity index (χ3n) is 2.29. The van der Waals surface area contributed by atoms with Crippen LogP contribution in [0, 0.1) is 0 Å². The Kier molecular flexibility index (Phi) is 1.25. The van der Waals surface area contributed by atoms with Gasteiger partial charge in [0.2, 0.25) is 0 Å². The maximum Gasteiger partial charge on any atom is 0.136 e. The van der Waals surface area contributed by atoms with Gasteiger partial charge in [0.15, 0.2) is 0 Å². The number of nitrogens with one attached hydrogen (secondary N) is 1. The second-order valence-corrected chi connectivity index (χ2v) is 4.14. The molecule has 0 atom stereocenters. The topological polar surface area (TPSA) is 80.2 Å². The number of rotatable bonds is 0. The first-order valence-electron chi connectivity index (χ1n) is 4.14. The molecule has 0 spiro atoms. The Labute approximate surface area is 90.6 Å². The van der Waals surface area contributed by atoms with Crippen molar-refractivity contribution in [2.24, 2.45) is 0 Å². The first-order chi connectivity index (χ1) is 7.45. The summed E-state index contributed by atoms with van der Waals surface area (Å²) in [5.74, 6) is 0. The van der Waals surface area contributed by atoms with Crippen LogP contribution in [0.1, 0.15) is 0 Å². The van der Waals surface area contributed by atoms with E-state index in [1.807, 2.05) is 0 Å². The van der Waals surface area contributed by atoms with Crippen molar-refractivity contribution in [3.05, 3.63) is 6.33 Å². The van der Waals surface area contributed by atoms with E-state index < -0.39 is 0 Å². The number of H-pyrrole nitrogens is 1. The second kappa shape index (κ2) is 2.47. The standard InChI is InChI=1S/C7H2N6S2/c1-8-2-3(9-1)5-7(13-15-11-5)6-4(2)10-14-12-6/h1,10H. The highest BCUT2D eigenvalue weighted by Crippen LogP contribution is 2.30. The predicted molar refractivity (Wildman–Crippen MR) is 58.0 cm³/mol. The second-order valence-electron chi connectivity index (χ2n) is 3.04. The van der Waals surface area contributed by atoms with E-state index >= 15 is 0 Å². The van der Waals surface area contributed by atoms with E-state index in [0.717, 1.165) is 33.1 Å². The minimum absolute atomic E-state index is 0.791. The van der Waals surface area contributed by atoms with Crippen molar-refractivity contribution in [3.8, 4) is 0 Å². The third-order valence-corrected chi connectivity index (χ3v) is 3.39. The summed E-state index contributed by atoms with van der Waals surface area (Å²) in [6.45, 7) is 0. The van der Waals surface area contributed by atoms with Crippen molar-refractivity contribution >= 4 is 56.6 Å². The lowest BCUT2D eigenvalue weighted by Gasteiger charge is -1.90. The van der Waals surface area contributed by atoms with Gasteiger partial charge in [-0.05, 0) is 0 Å². The molecule has 0 amide bonds. The molecule has 15 heavy (non-hydrogen) atoms. The molecule has 1 N–H and O–H groups in total. The van der Waals surface area contributed by atoms with E-state index in [0.29, 0.717) is 0 Å². The van der Waals surface area contributed by atoms with Crippen LogP contribution in [0.25, 0.3) is 33.1 Å². The molecule has 0 fully saturated rings. The molecule has 1 aromatic carbocycles. The quantitative estimate of drug-likeness (QED) is 0.499. The van der Waals surface area contributed by atoms with Gasteiger partial charge in [-0.15, -0.1) is 0 Å². The first-order valence-corrected chi connectivity index (χ1v) is 5.64. The highest BCUT2D eigenvalue weighted by molar-refractivity contribution is 7.01. The fourth-order valence-corrected chi connectivity index (χ4v) is 2.80. The van der Waals surface area contributed by atoms with Gasteiger partial charge in [0.05, 0.1) is 11.7 Å². The Bertz CT molecular complexity index is 586.